The van der Waals surface area contributed by atoms with Gasteiger partial charge in [-0.15, -0.1) is 0 Å². The molecule has 0 heterocycles. The first kappa shape index (κ1) is 7.81. The van der Waals surface area contributed by atoms with Crippen LogP contribution in [0.15, 0.2) is 0 Å². The van der Waals surface area contributed by atoms with Gasteiger partial charge in [0.2, 0.25) is 0 Å². The van der Waals surface area contributed by atoms with E-state index in [2.05, 4.69) is 0 Å². The molecule has 0 radical (unpaired) electrons. The van der Waals surface area contributed by atoms with Crippen molar-refractivity contribution < 1.29 is 12.9 Å². The molecular weight excluding hydrogens is 118 g/mol. The molecule has 0 aromatic heterocycles. The maximum absolute atomic E-state index is 11.3. The standard InChI is InChI=1S/C3H8BF3N/c1-8(2)3-4(5,6)7/h3H2,1-2H3/q-1. The Labute approximate surface area is 46.5 Å². The molecule has 0 spiro atoms. The lowest BCUT2D eigenvalue weighted by molar-refractivity contribution is 0.376. The summed E-state index contributed by atoms with van der Waals surface area (Å²) in [5.41, 5.74) is 0. The highest BCUT2D eigenvalue weighted by atomic mass is 19.4. The lowest BCUT2D eigenvalue weighted by Gasteiger charge is -2.18. The van der Waals surface area contributed by atoms with Crippen LogP contribution in [0.1, 0.15) is 0 Å². The Kier molecular flexibility index (Phi) is 2.34. The van der Waals surface area contributed by atoms with Crippen LogP contribution in [-0.4, -0.2) is 32.4 Å². The van der Waals surface area contributed by atoms with Crippen molar-refractivity contribution in [1.82, 2.24) is 4.90 Å². The Morgan fingerprint density at radius 1 is 1.25 bits per heavy atom. The van der Waals surface area contributed by atoms with Crippen LogP contribution in [0, 0.1) is 0 Å². The van der Waals surface area contributed by atoms with E-state index < -0.39 is 13.4 Å². The fraction of sp³-hybridized carbons (Fsp3) is 1.00. The summed E-state index contributed by atoms with van der Waals surface area (Å²) in [5.74, 6) is 0. The Morgan fingerprint density at radius 2 is 1.62 bits per heavy atom. The highest BCUT2D eigenvalue weighted by molar-refractivity contribution is 6.58. The van der Waals surface area contributed by atoms with Crippen molar-refractivity contribution in [3.8, 4) is 0 Å². The van der Waals surface area contributed by atoms with E-state index in [9.17, 15) is 12.9 Å². The molecule has 0 bridgehead atoms. The second-order valence-corrected chi connectivity index (χ2v) is 1.97. The van der Waals surface area contributed by atoms with E-state index in [1.54, 1.807) is 0 Å². The van der Waals surface area contributed by atoms with Gasteiger partial charge >= 0.3 is 6.98 Å². The maximum atomic E-state index is 11.3. The van der Waals surface area contributed by atoms with Gasteiger partial charge in [-0.05, 0) is 20.5 Å². The number of halogens is 3. The zero-order valence-corrected chi connectivity index (χ0v) is 4.87. The molecule has 0 fully saturated rings. The smallest absolute Gasteiger partial charge is 0.448 e. The highest BCUT2D eigenvalue weighted by Gasteiger charge is 2.22. The molecule has 0 aliphatic carbocycles. The summed E-state index contributed by atoms with van der Waals surface area (Å²) >= 11 is 0. The van der Waals surface area contributed by atoms with Crippen molar-refractivity contribution in [3.05, 3.63) is 0 Å². The lowest BCUT2D eigenvalue weighted by atomic mass is 9.92. The largest absolute Gasteiger partial charge is 0.492 e. The van der Waals surface area contributed by atoms with Crippen LogP contribution < -0.4 is 0 Å². The molecule has 0 saturated carbocycles. The minimum Gasteiger partial charge on any atom is -0.448 e. The van der Waals surface area contributed by atoms with Crippen molar-refractivity contribution in [2.24, 2.45) is 0 Å². The topological polar surface area (TPSA) is 3.24 Å². The Balaban J connectivity index is 3.39. The molecule has 0 aliphatic heterocycles. The number of nitrogens with zero attached hydrogens (tertiary/aromatic N) is 1. The maximum Gasteiger partial charge on any atom is 0.492 e. The monoisotopic (exact) mass is 126 g/mol. The summed E-state index contributed by atoms with van der Waals surface area (Å²) in [6.07, 6.45) is -0.778. The molecule has 0 aromatic carbocycles. The third-order valence-electron chi connectivity index (χ3n) is 0.572. The van der Waals surface area contributed by atoms with Gasteiger partial charge in [0.1, 0.15) is 0 Å². The summed E-state index contributed by atoms with van der Waals surface area (Å²) in [6.45, 7) is -4.61. The first-order chi connectivity index (χ1) is 3.42. The SMILES string of the molecule is CN(C)C[B-](F)(F)F. The molecule has 0 atom stereocenters. The highest BCUT2D eigenvalue weighted by Crippen LogP contribution is 2.07. The molecule has 1 nitrogen and oxygen atoms in total. The average Bonchev–Trinajstić information content (AvgIpc) is 1.21. The number of rotatable bonds is 2. The Bertz CT molecular complexity index is 69.4. The van der Waals surface area contributed by atoms with Crippen LogP contribution in [0.25, 0.3) is 0 Å². The molecule has 0 unspecified atom stereocenters. The van der Waals surface area contributed by atoms with E-state index in [0.717, 1.165) is 4.90 Å². The van der Waals surface area contributed by atoms with Crippen LogP contribution >= 0.6 is 0 Å². The molecular formula is C3H8BF3N-. The normalized spacial score (nSPS) is 12.8. The summed E-state index contributed by atoms with van der Waals surface area (Å²) < 4.78 is 34.0. The van der Waals surface area contributed by atoms with E-state index >= 15 is 0 Å². The van der Waals surface area contributed by atoms with Crippen LogP contribution in [0.3, 0.4) is 0 Å². The average molecular weight is 126 g/mol. The minimum atomic E-state index is -4.61. The molecule has 50 valence electrons. The molecule has 0 aromatic rings. The summed E-state index contributed by atoms with van der Waals surface area (Å²) in [4.78, 5) is 1.11. The van der Waals surface area contributed by atoms with E-state index in [1.165, 1.54) is 14.1 Å². The van der Waals surface area contributed by atoms with Gasteiger partial charge in [0.25, 0.3) is 0 Å². The molecule has 0 amide bonds. The molecule has 5 heteroatoms. The van der Waals surface area contributed by atoms with Crippen molar-refractivity contribution >= 4 is 6.98 Å². The number of hydrogen-bond donors (Lipinski definition) is 0. The van der Waals surface area contributed by atoms with Crippen LogP contribution in [-0.2, 0) is 0 Å². The van der Waals surface area contributed by atoms with Crippen LogP contribution in [0.5, 0.6) is 0 Å². The van der Waals surface area contributed by atoms with Gasteiger partial charge in [-0.2, -0.15) is 0 Å². The van der Waals surface area contributed by atoms with Crippen LogP contribution in [0.4, 0.5) is 12.9 Å². The second-order valence-electron chi connectivity index (χ2n) is 1.97. The van der Waals surface area contributed by atoms with E-state index in [1.807, 2.05) is 0 Å². The third-order valence-corrected chi connectivity index (χ3v) is 0.572. The molecule has 8 heavy (non-hydrogen) atoms. The van der Waals surface area contributed by atoms with Crippen LogP contribution in [0.2, 0.25) is 0 Å². The molecule has 0 N–H and O–H groups in total. The second kappa shape index (κ2) is 2.39. The zero-order valence-electron chi connectivity index (χ0n) is 4.87. The fourth-order valence-corrected chi connectivity index (χ4v) is 0.414. The first-order valence-corrected chi connectivity index (χ1v) is 2.27. The quantitative estimate of drug-likeness (QED) is 0.497. The summed E-state index contributed by atoms with van der Waals surface area (Å²) in [6, 6.07) is 0. The van der Waals surface area contributed by atoms with Crippen molar-refractivity contribution in [2.45, 2.75) is 0 Å². The number of hydrogen-bond acceptors (Lipinski definition) is 1. The van der Waals surface area contributed by atoms with Crippen molar-refractivity contribution in [2.75, 3.05) is 20.5 Å². The van der Waals surface area contributed by atoms with E-state index in [-0.39, 0.29) is 0 Å². The Morgan fingerprint density at radius 3 is 1.62 bits per heavy atom. The van der Waals surface area contributed by atoms with Gasteiger partial charge in [-0.25, -0.2) is 0 Å². The van der Waals surface area contributed by atoms with Crippen molar-refractivity contribution in [1.29, 1.82) is 0 Å². The zero-order chi connectivity index (χ0) is 6.78. The van der Waals surface area contributed by atoms with Gasteiger partial charge < -0.3 is 17.8 Å². The summed E-state index contributed by atoms with van der Waals surface area (Å²) in [7, 11) is 2.80. The van der Waals surface area contributed by atoms with Gasteiger partial charge in [-0.3, -0.25) is 0 Å². The van der Waals surface area contributed by atoms with Gasteiger partial charge in [0.05, 0.1) is 0 Å². The van der Waals surface area contributed by atoms with Gasteiger partial charge in [-0.1, -0.05) is 0 Å². The first-order valence-electron chi connectivity index (χ1n) is 2.27. The molecule has 0 aliphatic rings. The predicted molar refractivity (Wildman–Crippen MR) is 27.6 cm³/mol. The van der Waals surface area contributed by atoms with Crippen molar-refractivity contribution in [3.63, 3.8) is 0 Å². The lowest BCUT2D eigenvalue weighted by Crippen LogP contribution is -2.32. The molecule has 0 saturated heterocycles. The minimum absolute atomic E-state index is 0.778. The fourth-order valence-electron chi connectivity index (χ4n) is 0.414. The van der Waals surface area contributed by atoms with Gasteiger partial charge in [0.15, 0.2) is 0 Å². The van der Waals surface area contributed by atoms with E-state index in [4.69, 9.17) is 0 Å². The predicted octanol–water partition coefficient (Wildman–Crippen LogP) is 0.935. The molecule has 0 rings (SSSR count). The third kappa shape index (κ3) is 5.81. The van der Waals surface area contributed by atoms with E-state index in [0.29, 0.717) is 0 Å². The Hall–Kier alpha value is -0.185. The van der Waals surface area contributed by atoms with Gasteiger partial charge in [0, 0.05) is 0 Å². The summed E-state index contributed by atoms with van der Waals surface area (Å²) in [5, 5.41) is 0.